The Morgan fingerprint density at radius 1 is 1.50 bits per heavy atom. The highest BCUT2D eigenvalue weighted by atomic mass is 32.1. The van der Waals surface area contributed by atoms with Crippen LogP contribution in [0.3, 0.4) is 0 Å². The molecule has 0 radical (unpaired) electrons. The molecule has 6 heteroatoms. The summed E-state index contributed by atoms with van der Waals surface area (Å²) in [5.41, 5.74) is 6.00. The monoisotopic (exact) mass is 294 g/mol. The molecule has 20 heavy (non-hydrogen) atoms. The second kappa shape index (κ2) is 6.67. The number of rotatable bonds is 5. The third kappa shape index (κ3) is 3.91. The van der Waals surface area contributed by atoms with Gasteiger partial charge in [-0.05, 0) is 31.9 Å². The van der Waals surface area contributed by atoms with Crippen molar-refractivity contribution in [2.24, 2.45) is 5.73 Å². The third-order valence-corrected chi connectivity index (χ3v) is 3.16. The van der Waals surface area contributed by atoms with Crippen molar-refractivity contribution in [2.45, 2.75) is 32.0 Å². The Morgan fingerprint density at radius 3 is 2.90 bits per heavy atom. The van der Waals surface area contributed by atoms with Gasteiger partial charge in [-0.25, -0.2) is 0 Å². The number of amides is 1. The van der Waals surface area contributed by atoms with Crippen molar-refractivity contribution >= 4 is 28.8 Å². The van der Waals surface area contributed by atoms with Crippen LogP contribution in [0.4, 0.5) is 5.69 Å². The van der Waals surface area contributed by atoms with Crippen molar-refractivity contribution in [3.8, 4) is 5.75 Å². The Balaban J connectivity index is 2.01. The van der Waals surface area contributed by atoms with Crippen LogP contribution in [0.25, 0.3) is 0 Å². The molecule has 0 saturated carbocycles. The molecule has 1 aliphatic heterocycles. The van der Waals surface area contributed by atoms with Gasteiger partial charge >= 0.3 is 0 Å². The van der Waals surface area contributed by atoms with Gasteiger partial charge in [-0.15, -0.1) is 0 Å². The van der Waals surface area contributed by atoms with E-state index in [1.165, 1.54) is 0 Å². The summed E-state index contributed by atoms with van der Waals surface area (Å²) in [5.74, 6) is 0.389. The van der Waals surface area contributed by atoms with Crippen LogP contribution in [0.15, 0.2) is 24.3 Å². The van der Waals surface area contributed by atoms with Crippen molar-refractivity contribution in [3.63, 3.8) is 0 Å². The van der Waals surface area contributed by atoms with Gasteiger partial charge in [0, 0.05) is 0 Å². The molecule has 1 aromatic carbocycles. The Labute approximate surface area is 123 Å². The van der Waals surface area contributed by atoms with E-state index in [4.69, 9.17) is 27.4 Å². The molecule has 1 amide bonds. The smallest absolute Gasteiger partial charge is 0.253 e. The van der Waals surface area contributed by atoms with Gasteiger partial charge in [-0.2, -0.15) is 0 Å². The minimum atomic E-state index is -0.395. The SMILES string of the molecule is CC1CCC(C(=O)Nc2ccccc2OCC(N)=S)O1. The number of para-hydroxylation sites is 2. The fourth-order valence-electron chi connectivity index (χ4n) is 2.05. The molecule has 1 aromatic rings. The minimum absolute atomic E-state index is 0.131. The van der Waals surface area contributed by atoms with Crippen LogP contribution in [0.2, 0.25) is 0 Å². The lowest BCUT2D eigenvalue weighted by Gasteiger charge is -2.15. The number of benzene rings is 1. The second-order valence-electron chi connectivity index (χ2n) is 4.75. The maximum atomic E-state index is 12.1. The highest BCUT2D eigenvalue weighted by molar-refractivity contribution is 7.80. The number of hydrogen-bond acceptors (Lipinski definition) is 4. The summed E-state index contributed by atoms with van der Waals surface area (Å²) in [6, 6.07) is 7.16. The van der Waals surface area contributed by atoms with Gasteiger partial charge < -0.3 is 20.5 Å². The van der Waals surface area contributed by atoms with Crippen LogP contribution in [-0.2, 0) is 9.53 Å². The topological polar surface area (TPSA) is 73.6 Å². The van der Waals surface area contributed by atoms with Crippen molar-refractivity contribution in [2.75, 3.05) is 11.9 Å². The second-order valence-corrected chi connectivity index (χ2v) is 5.28. The Morgan fingerprint density at radius 2 is 2.25 bits per heavy atom. The third-order valence-electron chi connectivity index (χ3n) is 3.04. The molecule has 108 valence electrons. The van der Waals surface area contributed by atoms with Gasteiger partial charge in [0.05, 0.1) is 11.8 Å². The lowest BCUT2D eigenvalue weighted by atomic mass is 10.2. The fraction of sp³-hybridized carbons (Fsp3) is 0.429. The molecule has 1 fully saturated rings. The first-order chi connectivity index (χ1) is 9.56. The van der Waals surface area contributed by atoms with Gasteiger partial charge in [-0.1, -0.05) is 24.4 Å². The number of carbonyl (C=O) groups is 1. The predicted octanol–water partition coefficient (Wildman–Crippen LogP) is 1.86. The van der Waals surface area contributed by atoms with E-state index in [9.17, 15) is 4.79 Å². The van der Waals surface area contributed by atoms with Crippen LogP contribution < -0.4 is 15.8 Å². The number of nitrogens with one attached hydrogen (secondary N) is 1. The van der Waals surface area contributed by atoms with Crippen LogP contribution >= 0.6 is 12.2 Å². The van der Waals surface area contributed by atoms with Gasteiger partial charge in [0.2, 0.25) is 0 Å². The molecule has 3 N–H and O–H groups in total. The van der Waals surface area contributed by atoms with Crippen LogP contribution in [-0.4, -0.2) is 29.7 Å². The molecule has 2 atom stereocenters. The first-order valence-electron chi connectivity index (χ1n) is 6.52. The van der Waals surface area contributed by atoms with Gasteiger partial charge in [0.25, 0.3) is 5.91 Å². The Kier molecular flexibility index (Phi) is 4.92. The predicted molar refractivity (Wildman–Crippen MR) is 80.9 cm³/mol. The van der Waals surface area contributed by atoms with Crippen molar-refractivity contribution in [3.05, 3.63) is 24.3 Å². The minimum Gasteiger partial charge on any atom is -0.484 e. The zero-order valence-electron chi connectivity index (χ0n) is 11.3. The van der Waals surface area contributed by atoms with E-state index in [1.807, 2.05) is 19.1 Å². The normalized spacial score (nSPS) is 21.4. The summed E-state index contributed by atoms with van der Waals surface area (Å²) in [4.78, 5) is 12.4. The maximum absolute atomic E-state index is 12.1. The molecular weight excluding hydrogens is 276 g/mol. The summed E-state index contributed by atoms with van der Waals surface area (Å²) in [7, 11) is 0. The first-order valence-corrected chi connectivity index (χ1v) is 6.93. The Bertz CT molecular complexity index is 507. The summed E-state index contributed by atoms with van der Waals surface area (Å²) in [6.45, 7) is 2.10. The molecule has 0 bridgehead atoms. The number of thiocarbonyl (C=S) groups is 1. The largest absolute Gasteiger partial charge is 0.484 e. The molecule has 2 unspecified atom stereocenters. The zero-order valence-corrected chi connectivity index (χ0v) is 12.1. The molecular formula is C14H18N2O3S. The summed E-state index contributed by atoms with van der Waals surface area (Å²) >= 11 is 4.77. The van der Waals surface area contributed by atoms with E-state index in [1.54, 1.807) is 12.1 Å². The lowest BCUT2D eigenvalue weighted by molar-refractivity contribution is -0.126. The van der Waals surface area contributed by atoms with E-state index in [0.717, 1.165) is 12.8 Å². The van der Waals surface area contributed by atoms with Crippen LogP contribution in [0, 0.1) is 0 Å². The molecule has 0 aromatic heterocycles. The van der Waals surface area contributed by atoms with Crippen molar-refractivity contribution in [1.82, 2.24) is 0 Å². The number of carbonyl (C=O) groups excluding carboxylic acids is 1. The van der Waals surface area contributed by atoms with E-state index in [2.05, 4.69) is 5.32 Å². The molecule has 0 aliphatic carbocycles. The standard InChI is InChI=1S/C14H18N2O3S/c1-9-6-7-12(19-9)14(17)16-10-4-2-3-5-11(10)18-8-13(15)20/h2-5,9,12H,6-8H2,1H3,(H2,15,20)(H,16,17). The number of ether oxygens (including phenoxy) is 2. The van der Waals surface area contributed by atoms with E-state index in [-0.39, 0.29) is 23.6 Å². The molecule has 0 spiro atoms. The van der Waals surface area contributed by atoms with Gasteiger partial charge in [0.15, 0.2) is 0 Å². The quantitative estimate of drug-likeness (QED) is 0.811. The van der Waals surface area contributed by atoms with E-state index < -0.39 is 6.10 Å². The number of anilines is 1. The number of hydrogen-bond donors (Lipinski definition) is 2. The molecule has 5 nitrogen and oxygen atoms in total. The Hall–Kier alpha value is -1.66. The molecule has 2 rings (SSSR count). The summed E-state index contributed by atoms with van der Waals surface area (Å²) in [5, 5.41) is 2.82. The highest BCUT2D eigenvalue weighted by Gasteiger charge is 2.28. The average molecular weight is 294 g/mol. The highest BCUT2D eigenvalue weighted by Crippen LogP contribution is 2.26. The fourth-order valence-corrected chi connectivity index (χ4v) is 2.11. The lowest BCUT2D eigenvalue weighted by Crippen LogP contribution is -2.28. The van der Waals surface area contributed by atoms with Crippen LogP contribution in [0.1, 0.15) is 19.8 Å². The summed E-state index contributed by atoms with van der Waals surface area (Å²) < 4.78 is 11.0. The van der Waals surface area contributed by atoms with Crippen LogP contribution in [0.5, 0.6) is 5.75 Å². The zero-order chi connectivity index (χ0) is 14.5. The molecule has 1 heterocycles. The van der Waals surface area contributed by atoms with Gasteiger partial charge in [-0.3, -0.25) is 4.79 Å². The van der Waals surface area contributed by atoms with E-state index >= 15 is 0 Å². The molecule has 1 saturated heterocycles. The van der Waals surface area contributed by atoms with Gasteiger partial charge in [0.1, 0.15) is 23.4 Å². The number of nitrogens with two attached hydrogens (primary N) is 1. The van der Waals surface area contributed by atoms with Crippen molar-refractivity contribution < 1.29 is 14.3 Å². The molecule has 1 aliphatic rings. The maximum Gasteiger partial charge on any atom is 0.253 e. The average Bonchev–Trinajstić information content (AvgIpc) is 2.84. The van der Waals surface area contributed by atoms with Crippen molar-refractivity contribution in [1.29, 1.82) is 0 Å². The first kappa shape index (κ1) is 14.7. The van der Waals surface area contributed by atoms with E-state index in [0.29, 0.717) is 11.4 Å². The summed E-state index contributed by atoms with van der Waals surface area (Å²) in [6.07, 6.45) is 1.38.